The van der Waals surface area contributed by atoms with Crippen LogP contribution < -0.4 is 5.32 Å². The number of methoxy groups -OCH3 is 1. The predicted octanol–water partition coefficient (Wildman–Crippen LogP) is 2.64. The molecule has 6 heteroatoms. The van der Waals surface area contributed by atoms with Crippen LogP contribution in [0.15, 0.2) is 54.6 Å². The number of rotatable bonds is 5. The van der Waals surface area contributed by atoms with Crippen LogP contribution in [0.1, 0.15) is 39.1 Å². The van der Waals surface area contributed by atoms with Crippen molar-refractivity contribution in [2.24, 2.45) is 5.92 Å². The van der Waals surface area contributed by atoms with E-state index in [1.807, 2.05) is 30.3 Å². The van der Waals surface area contributed by atoms with E-state index in [1.165, 1.54) is 7.11 Å². The van der Waals surface area contributed by atoms with Crippen LogP contribution in [0.3, 0.4) is 0 Å². The Bertz CT molecular complexity index is 843. The fourth-order valence-corrected chi connectivity index (χ4v) is 3.35. The second-order valence-electron chi connectivity index (χ2n) is 6.84. The topological polar surface area (TPSA) is 75.7 Å². The summed E-state index contributed by atoms with van der Waals surface area (Å²) in [5, 5.41) is 2.98. The van der Waals surface area contributed by atoms with Gasteiger partial charge in [-0.1, -0.05) is 36.4 Å². The van der Waals surface area contributed by atoms with E-state index in [2.05, 4.69) is 5.32 Å². The average molecular weight is 380 g/mol. The Morgan fingerprint density at radius 3 is 2.36 bits per heavy atom. The first-order valence-corrected chi connectivity index (χ1v) is 9.38. The van der Waals surface area contributed by atoms with E-state index < -0.39 is 5.97 Å². The zero-order valence-corrected chi connectivity index (χ0v) is 15.9. The lowest BCUT2D eigenvalue weighted by molar-refractivity contribution is -0.126. The van der Waals surface area contributed by atoms with Crippen molar-refractivity contribution in [2.45, 2.75) is 19.4 Å². The van der Waals surface area contributed by atoms with Gasteiger partial charge in [-0.25, -0.2) is 4.79 Å². The van der Waals surface area contributed by atoms with E-state index >= 15 is 0 Å². The molecule has 0 radical (unpaired) electrons. The predicted molar refractivity (Wildman–Crippen MR) is 105 cm³/mol. The normalized spacial score (nSPS) is 14.4. The Balaban J connectivity index is 1.52. The van der Waals surface area contributed by atoms with Crippen LogP contribution in [0, 0.1) is 5.92 Å². The second-order valence-corrected chi connectivity index (χ2v) is 6.84. The van der Waals surface area contributed by atoms with Crippen molar-refractivity contribution >= 4 is 17.8 Å². The van der Waals surface area contributed by atoms with Crippen LogP contribution in [0.4, 0.5) is 0 Å². The fourth-order valence-electron chi connectivity index (χ4n) is 3.35. The van der Waals surface area contributed by atoms with E-state index in [-0.39, 0.29) is 17.7 Å². The van der Waals surface area contributed by atoms with Crippen molar-refractivity contribution in [2.75, 3.05) is 20.2 Å². The highest BCUT2D eigenvalue weighted by Crippen LogP contribution is 2.20. The molecule has 2 amide bonds. The van der Waals surface area contributed by atoms with E-state index in [0.717, 1.165) is 5.56 Å². The molecule has 6 nitrogen and oxygen atoms in total. The molecule has 0 bridgehead atoms. The first-order valence-electron chi connectivity index (χ1n) is 9.38. The van der Waals surface area contributed by atoms with Gasteiger partial charge in [0.2, 0.25) is 5.91 Å². The monoisotopic (exact) mass is 380 g/mol. The standard InChI is InChI=1S/C22H24N2O4/c1-28-22(27)19-9-5-8-18(14-19)21(26)24-12-10-17(11-13-24)20(25)23-15-16-6-3-2-4-7-16/h2-9,14,17H,10-13,15H2,1H3,(H,23,25). The summed E-state index contributed by atoms with van der Waals surface area (Å²) in [5.74, 6) is -0.657. The van der Waals surface area contributed by atoms with Gasteiger partial charge in [-0.05, 0) is 36.6 Å². The highest BCUT2D eigenvalue weighted by atomic mass is 16.5. The molecule has 1 N–H and O–H groups in total. The number of hydrogen-bond donors (Lipinski definition) is 1. The third kappa shape index (κ3) is 4.76. The molecule has 0 aromatic heterocycles. The number of nitrogens with one attached hydrogen (secondary N) is 1. The van der Waals surface area contributed by atoms with Gasteiger partial charge in [0.25, 0.3) is 5.91 Å². The van der Waals surface area contributed by atoms with Crippen molar-refractivity contribution in [1.29, 1.82) is 0 Å². The Kier molecular flexibility index (Phi) is 6.42. The van der Waals surface area contributed by atoms with E-state index in [1.54, 1.807) is 29.2 Å². The molecule has 2 aromatic carbocycles. The number of hydrogen-bond acceptors (Lipinski definition) is 4. The number of piperidine rings is 1. The molecule has 2 aromatic rings. The maximum Gasteiger partial charge on any atom is 0.337 e. The molecule has 28 heavy (non-hydrogen) atoms. The van der Waals surface area contributed by atoms with Crippen LogP contribution in [0.2, 0.25) is 0 Å². The van der Waals surface area contributed by atoms with Gasteiger partial charge in [0.05, 0.1) is 12.7 Å². The Morgan fingerprint density at radius 1 is 1.00 bits per heavy atom. The van der Waals surface area contributed by atoms with Crippen LogP contribution in [-0.2, 0) is 16.1 Å². The molecular weight excluding hydrogens is 356 g/mol. The third-order valence-electron chi connectivity index (χ3n) is 4.99. The van der Waals surface area contributed by atoms with E-state index in [9.17, 15) is 14.4 Å². The molecule has 0 aliphatic carbocycles. The number of nitrogens with zero attached hydrogens (tertiary/aromatic N) is 1. The number of likely N-dealkylation sites (tertiary alicyclic amines) is 1. The van der Waals surface area contributed by atoms with Crippen LogP contribution in [-0.4, -0.2) is 42.9 Å². The Labute approximate surface area is 164 Å². The van der Waals surface area contributed by atoms with Gasteiger partial charge in [0.1, 0.15) is 0 Å². The van der Waals surface area contributed by atoms with Gasteiger partial charge in [-0.2, -0.15) is 0 Å². The van der Waals surface area contributed by atoms with E-state index in [0.29, 0.717) is 43.6 Å². The summed E-state index contributed by atoms with van der Waals surface area (Å²) < 4.78 is 4.70. The molecule has 1 heterocycles. The smallest absolute Gasteiger partial charge is 0.337 e. The van der Waals surface area contributed by atoms with Crippen molar-refractivity contribution in [3.05, 3.63) is 71.3 Å². The number of carbonyl (C=O) groups excluding carboxylic acids is 3. The summed E-state index contributed by atoms with van der Waals surface area (Å²) in [7, 11) is 1.31. The number of benzene rings is 2. The minimum absolute atomic E-state index is 0.0311. The van der Waals surface area contributed by atoms with Crippen molar-refractivity contribution in [3.63, 3.8) is 0 Å². The summed E-state index contributed by atoms with van der Waals surface area (Å²) in [4.78, 5) is 38.5. The number of carbonyl (C=O) groups is 3. The molecule has 1 aliphatic heterocycles. The van der Waals surface area contributed by atoms with Crippen molar-refractivity contribution in [1.82, 2.24) is 10.2 Å². The Hall–Kier alpha value is -3.15. The lowest BCUT2D eigenvalue weighted by Crippen LogP contribution is -2.43. The van der Waals surface area contributed by atoms with Crippen molar-refractivity contribution in [3.8, 4) is 0 Å². The lowest BCUT2D eigenvalue weighted by atomic mass is 9.95. The maximum atomic E-state index is 12.7. The minimum atomic E-state index is -0.469. The van der Waals surface area contributed by atoms with Crippen LogP contribution >= 0.6 is 0 Å². The number of amides is 2. The number of esters is 1. The van der Waals surface area contributed by atoms with Crippen LogP contribution in [0.25, 0.3) is 0 Å². The average Bonchev–Trinajstić information content (AvgIpc) is 2.77. The molecule has 0 unspecified atom stereocenters. The van der Waals surface area contributed by atoms with Crippen LogP contribution in [0.5, 0.6) is 0 Å². The quantitative estimate of drug-likeness (QED) is 0.809. The first-order chi connectivity index (χ1) is 13.6. The molecule has 3 rings (SSSR count). The summed E-state index contributed by atoms with van der Waals surface area (Å²) >= 11 is 0. The highest BCUT2D eigenvalue weighted by Gasteiger charge is 2.28. The minimum Gasteiger partial charge on any atom is -0.465 e. The zero-order valence-electron chi connectivity index (χ0n) is 15.9. The molecule has 1 fully saturated rings. The summed E-state index contributed by atoms with van der Waals surface area (Å²) in [6.07, 6.45) is 1.26. The molecular formula is C22H24N2O4. The van der Waals surface area contributed by atoms with Gasteiger partial charge in [-0.3, -0.25) is 9.59 Å². The molecule has 0 saturated carbocycles. The Morgan fingerprint density at radius 2 is 1.68 bits per heavy atom. The molecule has 1 saturated heterocycles. The van der Waals surface area contributed by atoms with E-state index in [4.69, 9.17) is 4.74 Å². The second kappa shape index (κ2) is 9.17. The zero-order chi connectivity index (χ0) is 19.9. The largest absolute Gasteiger partial charge is 0.465 e. The first kappa shape index (κ1) is 19.6. The summed E-state index contributed by atoms with van der Waals surface area (Å²) in [6.45, 7) is 1.55. The molecule has 146 valence electrons. The molecule has 0 spiro atoms. The summed E-state index contributed by atoms with van der Waals surface area (Å²) in [5.41, 5.74) is 1.87. The highest BCUT2D eigenvalue weighted by molar-refractivity contribution is 5.98. The molecule has 0 atom stereocenters. The summed E-state index contributed by atoms with van der Waals surface area (Å²) in [6, 6.07) is 16.3. The van der Waals surface area contributed by atoms with Gasteiger partial charge < -0.3 is 15.0 Å². The lowest BCUT2D eigenvalue weighted by Gasteiger charge is -2.31. The fraction of sp³-hybridized carbons (Fsp3) is 0.318. The van der Waals surface area contributed by atoms with Gasteiger partial charge in [0.15, 0.2) is 0 Å². The van der Waals surface area contributed by atoms with Crippen molar-refractivity contribution < 1.29 is 19.1 Å². The maximum absolute atomic E-state index is 12.7. The SMILES string of the molecule is COC(=O)c1cccc(C(=O)N2CCC(C(=O)NCc3ccccc3)CC2)c1. The van der Waals surface area contributed by atoms with Gasteiger partial charge in [0, 0.05) is 31.1 Å². The van der Waals surface area contributed by atoms with Gasteiger partial charge >= 0.3 is 5.97 Å². The molecule has 1 aliphatic rings. The number of ether oxygens (including phenoxy) is 1. The third-order valence-corrected chi connectivity index (χ3v) is 4.99. The van der Waals surface area contributed by atoms with Gasteiger partial charge in [-0.15, -0.1) is 0 Å².